The van der Waals surface area contributed by atoms with Crippen LogP contribution < -0.4 is 5.32 Å². The summed E-state index contributed by atoms with van der Waals surface area (Å²) in [6.07, 6.45) is 0.996. The zero-order valence-corrected chi connectivity index (χ0v) is 10.8. The lowest BCUT2D eigenvalue weighted by Crippen LogP contribution is -2.47. The zero-order chi connectivity index (χ0) is 10.0. The smallest absolute Gasteiger partial charge is 0.229 e. The molecule has 0 saturated carbocycles. The van der Waals surface area contributed by atoms with Gasteiger partial charge in [0.2, 0.25) is 5.91 Å². The third kappa shape index (κ3) is 2.80. The van der Waals surface area contributed by atoms with Gasteiger partial charge in [0.05, 0.1) is 5.41 Å². The largest absolute Gasteiger partial charge is 0.341 e. The van der Waals surface area contributed by atoms with Gasteiger partial charge in [-0.05, 0) is 19.9 Å². The molecule has 2 fully saturated rings. The molecule has 2 aliphatic rings. The van der Waals surface area contributed by atoms with Crippen molar-refractivity contribution in [3.8, 4) is 0 Å². The van der Waals surface area contributed by atoms with Crippen LogP contribution in [0.25, 0.3) is 0 Å². The van der Waals surface area contributed by atoms with Gasteiger partial charge in [-0.1, -0.05) is 0 Å². The van der Waals surface area contributed by atoms with Gasteiger partial charge in [-0.2, -0.15) is 11.8 Å². The zero-order valence-electron chi connectivity index (χ0n) is 9.12. The third-order valence-corrected chi connectivity index (χ3v) is 4.13. The normalized spacial score (nSPS) is 31.1. The maximum atomic E-state index is 12.2. The minimum Gasteiger partial charge on any atom is -0.341 e. The maximum Gasteiger partial charge on any atom is 0.229 e. The number of halogens is 1. The number of nitrogens with one attached hydrogen (secondary N) is 1. The molecule has 0 aliphatic carbocycles. The van der Waals surface area contributed by atoms with E-state index in [2.05, 4.69) is 12.2 Å². The van der Waals surface area contributed by atoms with Gasteiger partial charge in [0, 0.05) is 31.1 Å². The molecule has 2 rings (SSSR count). The maximum absolute atomic E-state index is 12.2. The Bertz CT molecular complexity index is 225. The first-order valence-corrected chi connectivity index (χ1v) is 6.46. The van der Waals surface area contributed by atoms with E-state index < -0.39 is 0 Å². The molecule has 0 aromatic carbocycles. The Morgan fingerprint density at radius 2 is 2.07 bits per heavy atom. The van der Waals surface area contributed by atoms with E-state index in [-0.39, 0.29) is 17.8 Å². The van der Waals surface area contributed by atoms with E-state index in [1.807, 2.05) is 16.7 Å². The van der Waals surface area contributed by atoms with Gasteiger partial charge in [-0.25, -0.2) is 0 Å². The molecule has 0 aromatic rings. The predicted molar refractivity (Wildman–Crippen MR) is 66.7 cm³/mol. The Morgan fingerprint density at radius 1 is 1.40 bits per heavy atom. The van der Waals surface area contributed by atoms with E-state index in [1.54, 1.807) is 0 Å². The number of nitrogens with zero attached hydrogens (tertiary/aromatic N) is 1. The second kappa shape index (κ2) is 5.41. The molecular formula is C10H19ClN2OS. The van der Waals surface area contributed by atoms with Crippen molar-refractivity contribution in [3.63, 3.8) is 0 Å². The van der Waals surface area contributed by atoms with Crippen LogP contribution in [-0.2, 0) is 4.79 Å². The molecule has 15 heavy (non-hydrogen) atoms. The number of hydrogen-bond donors (Lipinski definition) is 1. The monoisotopic (exact) mass is 250 g/mol. The van der Waals surface area contributed by atoms with Gasteiger partial charge in [0.15, 0.2) is 0 Å². The molecule has 0 bridgehead atoms. The molecule has 5 heteroatoms. The number of carbonyl (C=O) groups is 1. The predicted octanol–water partition coefficient (Wildman–Crippen LogP) is 0.983. The highest BCUT2D eigenvalue weighted by Gasteiger charge is 2.39. The first kappa shape index (κ1) is 13.1. The Labute approximate surface area is 102 Å². The number of rotatable bonds is 1. The molecule has 2 saturated heterocycles. The summed E-state index contributed by atoms with van der Waals surface area (Å²) in [6.45, 7) is 5.83. The van der Waals surface area contributed by atoms with E-state index in [4.69, 9.17) is 0 Å². The van der Waals surface area contributed by atoms with E-state index in [0.29, 0.717) is 5.91 Å². The molecular weight excluding hydrogens is 232 g/mol. The number of carbonyl (C=O) groups excluding carboxylic acids is 1. The van der Waals surface area contributed by atoms with E-state index >= 15 is 0 Å². The molecule has 0 radical (unpaired) electrons. The fraction of sp³-hybridized carbons (Fsp3) is 0.900. The Kier molecular flexibility index (Phi) is 4.74. The van der Waals surface area contributed by atoms with Gasteiger partial charge >= 0.3 is 0 Å². The first-order valence-electron chi connectivity index (χ1n) is 5.30. The second-order valence-electron chi connectivity index (χ2n) is 4.39. The molecule has 1 atom stereocenters. The first-order chi connectivity index (χ1) is 6.72. The van der Waals surface area contributed by atoms with Gasteiger partial charge < -0.3 is 10.2 Å². The number of amides is 1. The van der Waals surface area contributed by atoms with Crippen LogP contribution in [-0.4, -0.2) is 48.5 Å². The minimum absolute atomic E-state index is 0. The standard InChI is InChI=1S/C10H18N2OS.ClH/c1-10(2-3-11-8-10)9(13)12-4-6-14-7-5-12;/h11H,2-8H2,1H3;1H. The summed E-state index contributed by atoms with van der Waals surface area (Å²) in [5.41, 5.74) is -0.123. The Hall–Kier alpha value is 0.0700. The highest BCUT2D eigenvalue weighted by Crippen LogP contribution is 2.28. The van der Waals surface area contributed by atoms with Crippen LogP contribution in [0.2, 0.25) is 0 Å². The van der Waals surface area contributed by atoms with Crippen LogP contribution >= 0.6 is 24.2 Å². The average Bonchev–Trinajstić information content (AvgIpc) is 2.67. The fourth-order valence-corrected chi connectivity index (χ4v) is 3.05. The Morgan fingerprint density at radius 3 is 2.60 bits per heavy atom. The lowest BCUT2D eigenvalue weighted by molar-refractivity contribution is -0.139. The second-order valence-corrected chi connectivity index (χ2v) is 5.62. The van der Waals surface area contributed by atoms with Crippen LogP contribution in [0.4, 0.5) is 0 Å². The summed E-state index contributed by atoms with van der Waals surface area (Å²) in [5, 5.41) is 3.28. The summed E-state index contributed by atoms with van der Waals surface area (Å²) in [4.78, 5) is 14.2. The summed E-state index contributed by atoms with van der Waals surface area (Å²) < 4.78 is 0. The SMILES string of the molecule is CC1(C(=O)N2CCSCC2)CCNC1.Cl. The van der Waals surface area contributed by atoms with E-state index in [9.17, 15) is 4.79 Å². The molecule has 88 valence electrons. The van der Waals surface area contributed by atoms with E-state index in [1.165, 1.54) is 0 Å². The molecule has 2 heterocycles. The van der Waals surface area contributed by atoms with Gasteiger partial charge in [-0.3, -0.25) is 4.79 Å². The van der Waals surface area contributed by atoms with Gasteiger partial charge in [-0.15, -0.1) is 12.4 Å². The molecule has 3 nitrogen and oxygen atoms in total. The van der Waals surface area contributed by atoms with Crippen molar-refractivity contribution in [2.75, 3.05) is 37.7 Å². The third-order valence-electron chi connectivity index (χ3n) is 3.18. The van der Waals surface area contributed by atoms with Gasteiger partial charge in [0.25, 0.3) is 0 Å². The van der Waals surface area contributed by atoms with Crippen molar-refractivity contribution in [1.29, 1.82) is 0 Å². The molecule has 1 N–H and O–H groups in total. The summed E-state index contributed by atoms with van der Waals surface area (Å²) in [6, 6.07) is 0. The van der Waals surface area contributed by atoms with Crippen LogP contribution in [0.3, 0.4) is 0 Å². The lowest BCUT2D eigenvalue weighted by Gasteiger charge is -2.33. The van der Waals surface area contributed by atoms with Crippen LogP contribution in [0, 0.1) is 5.41 Å². The van der Waals surface area contributed by atoms with Crippen LogP contribution in [0.1, 0.15) is 13.3 Å². The van der Waals surface area contributed by atoms with Crippen molar-refractivity contribution >= 4 is 30.1 Å². The average molecular weight is 251 g/mol. The Balaban J connectivity index is 0.00000112. The summed E-state index contributed by atoms with van der Waals surface area (Å²) >= 11 is 1.95. The quantitative estimate of drug-likeness (QED) is 0.753. The number of thioether (sulfide) groups is 1. The van der Waals surface area contributed by atoms with Gasteiger partial charge in [0.1, 0.15) is 0 Å². The van der Waals surface area contributed by atoms with E-state index in [0.717, 1.165) is 44.1 Å². The van der Waals surface area contributed by atoms with Crippen molar-refractivity contribution in [2.45, 2.75) is 13.3 Å². The highest BCUT2D eigenvalue weighted by atomic mass is 35.5. The fourth-order valence-electron chi connectivity index (χ4n) is 2.15. The molecule has 1 unspecified atom stereocenters. The summed E-state index contributed by atoms with van der Waals surface area (Å²) in [7, 11) is 0. The van der Waals surface area contributed by atoms with Crippen molar-refractivity contribution in [1.82, 2.24) is 10.2 Å². The lowest BCUT2D eigenvalue weighted by atomic mass is 9.88. The number of hydrogen-bond acceptors (Lipinski definition) is 3. The minimum atomic E-state index is -0.123. The molecule has 2 aliphatic heterocycles. The van der Waals surface area contributed by atoms with Crippen molar-refractivity contribution in [3.05, 3.63) is 0 Å². The topological polar surface area (TPSA) is 32.3 Å². The van der Waals surface area contributed by atoms with Crippen molar-refractivity contribution in [2.24, 2.45) is 5.41 Å². The molecule has 0 aromatic heterocycles. The molecule has 1 amide bonds. The summed E-state index contributed by atoms with van der Waals surface area (Å²) in [5.74, 6) is 2.58. The van der Waals surface area contributed by atoms with Crippen LogP contribution in [0.5, 0.6) is 0 Å². The van der Waals surface area contributed by atoms with Crippen LogP contribution in [0.15, 0.2) is 0 Å². The highest BCUT2D eigenvalue weighted by molar-refractivity contribution is 7.99. The van der Waals surface area contributed by atoms with Crippen molar-refractivity contribution < 1.29 is 4.79 Å². The molecule has 0 spiro atoms.